The second-order valence-electron chi connectivity index (χ2n) is 4.85. The summed E-state index contributed by atoms with van der Waals surface area (Å²) in [5.74, 6) is 0. The van der Waals surface area contributed by atoms with E-state index >= 15 is 0 Å². The van der Waals surface area contributed by atoms with Crippen molar-refractivity contribution >= 4 is 34.6 Å². The van der Waals surface area contributed by atoms with Crippen molar-refractivity contribution in [2.75, 3.05) is 0 Å². The fourth-order valence-corrected chi connectivity index (χ4v) is 2.42. The van der Waals surface area contributed by atoms with Gasteiger partial charge in [-0.15, -0.1) is 5.11 Å². The molecule has 2 aromatic carbocycles. The number of hydrogen-bond acceptors (Lipinski definition) is 3. The summed E-state index contributed by atoms with van der Waals surface area (Å²) in [5.41, 5.74) is 1.70. The van der Waals surface area contributed by atoms with Crippen LogP contribution >= 0.6 is 23.2 Å². The normalized spacial score (nSPS) is 11.3. The third kappa shape index (κ3) is 3.21. The highest BCUT2D eigenvalue weighted by atomic mass is 35.5. The van der Waals surface area contributed by atoms with Gasteiger partial charge in [-0.3, -0.25) is 9.89 Å². The first-order valence-electron chi connectivity index (χ1n) is 6.80. The molecule has 0 saturated heterocycles. The van der Waals surface area contributed by atoms with Gasteiger partial charge < -0.3 is 0 Å². The highest BCUT2D eigenvalue weighted by Gasteiger charge is 2.13. The largest absolute Gasteiger partial charge is 0.299 e. The van der Waals surface area contributed by atoms with Crippen molar-refractivity contribution in [2.45, 2.75) is 6.92 Å². The number of nitrogens with zero attached hydrogens (tertiary/aromatic N) is 3. The molecule has 23 heavy (non-hydrogen) atoms. The lowest BCUT2D eigenvalue weighted by Crippen LogP contribution is -2.14. The molecule has 0 fully saturated rings. The van der Waals surface area contributed by atoms with Gasteiger partial charge in [0.05, 0.1) is 22.1 Å². The minimum absolute atomic E-state index is 0.236. The van der Waals surface area contributed by atoms with Crippen molar-refractivity contribution in [1.82, 2.24) is 9.78 Å². The summed E-state index contributed by atoms with van der Waals surface area (Å²) in [6.45, 7) is 1.75. The van der Waals surface area contributed by atoms with E-state index in [1.165, 1.54) is 4.68 Å². The summed E-state index contributed by atoms with van der Waals surface area (Å²) in [6, 6.07) is 13.9. The first-order valence-corrected chi connectivity index (χ1v) is 7.55. The summed E-state index contributed by atoms with van der Waals surface area (Å²) in [5, 5.41) is 12.2. The fraction of sp³-hybridized carbons (Fsp3) is 0.0625. The summed E-state index contributed by atoms with van der Waals surface area (Å²) >= 11 is 12.0. The lowest BCUT2D eigenvalue weighted by Gasteiger charge is -2.02. The molecule has 0 atom stereocenters. The van der Waals surface area contributed by atoms with Gasteiger partial charge in [0.1, 0.15) is 0 Å². The van der Waals surface area contributed by atoms with E-state index in [1.54, 1.807) is 55.5 Å². The molecule has 1 N–H and O–H groups in total. The van der Waals surface area contributed by atoms with Crippen LogP contribution in [0.3, 0.4) is 0 Å². The number of halogens is 2. The molecule has 0 amide bonds. The molecule has 0 saturated carbocycles. The van der Waals surface area contributed by atoms with Crippen LogP contribution in [0.1, 0.15) is 5.69 Å². The van der Waals surface area contributed by atoms with Gasteiger partial charge in [0.2, 0.25) is 0 Å². The molecule has 3 rings (SSSR count). The standard InChI is InChI=1S/C16H12Cl2N4O/c1-10-15(20-19-12-8-6-11(17)7-9-12)16(23)22(21-10)14-5-3-2-4-13(14)18/h2-9,21H,1H3. The number of H-pyrrole nitrogens is 1. The average Bonchev–Trinajstić information content (AvgIpc) is 2.82. The predicted octanol–water partition coefficient (Wildman–Crippen LogP) is 5.20. The number of hydrogen-bond donors (Lipinski definition) is 1. The van der Waals surface area contributed by atoms with E-state index < -0.39 is 0 Å². The Balaban J connectivity index is 2.00. The lowest BCUT2D eigenvalue weighted by atomic mass is 10.3. The Labute approximate surface area is 142 Å². The van der Waals surface area contributed by atoms with Crippen molar-refractivity contribution in [3.8, 4) is 5.69 Å². The SMILES string of the molecule is Cc1[nH]n(-c2ccccc2Cl)c(=O)c1N=Nc1ccc(Cl)cc1. The van der Waals surface area contributed by atoms with Gasteiger partial charge in [-0.1, -0.05) is 35.3 Å². The van der Waals surface area contributed by atoms with Crippen LogP contribution in [0.2, 0.25) is 10.0 Å². The number of benzene rings is 2. The van der Waals surface area contributed by atoms with E-state index in [0.717, 1.165) is 0 Å². The Morgan fingerprint density at radius 1 is 1.00 bits per heavy atom. The zero-order valence-corrected chi connectivity index (χ0v) is 13.6. The zero-order chi connectivity index (χ0) is 16.4. The predicted molar refractivity (Wildman–Crippen MR) is 91.8 cm³/mol. The Hall–Kier alpha value is -2.37. The Morgan fingerprint density at radius 3 is 2.39 bits per heavy atom. The minimum atomic E-state index is -0.312. The second kappa shape index (κ2) is 6.40. The zero-order valence-electron chi connectivity index (χ0n) is 12.1. The summed E-state index contributed by atoms with van der Waals surface area (Å²) in [6.07, 6.45) is 0. The Morgan fingerprint density at radius 2 is 1.70 bits per heavy atom. The maximum Gasteiger partial charge on any atom is 0.299 e. The van der Waals surface area contributed by atoms with Crippen molar-refractivity contribution in [2.24, 2.45) is 10.2 Å². The van der Waals surface area contributed by atoms with Gasteiger partial charge >= 0.3 is 0 Å². The maximum absolute atomic E-state index is 12.5. The van der Waals surface area contributed by atoms with Crippen LogP contribution in [0.15, 0.2) is 63.6 Å². The van der Waals surface area contributed by atoms with Crippen LogP contribution in [-0.4, -0.2) is 9.78 Å². The molecule has 3 aromatic rings. The average molecular weight is 347 g/mol. The van der Waals surface area contributed by atoms with Crippen molar-refractivity contribution in [3.63, 3.8) is 0 Å². The molecule has 1 heterocycles. The van der Waals surface area contributed by atoms with E-state index in [9.17, 15) is 4.79 Å². The van der Waals surface area contributed by atoms with E-state index in [2.05, 4.69) is 15.3 Å². The number of rotatable bonds is 3. The van der Waals surface area contributed by atoms with Gasteiger partial charge in [0, 0.05) is 5.02 Å². The summed E-state index contributed by atoms with van der Waals surface area (Å²) < 4.78 is 1.36. The smallest absolute Gasteiger partial charge is 0.293 e. The fourth-order valence-electron chi connectivity index (χ4n) is 2.07. The van der Waals surface area contributed by atoms with Crippen molar-refractivity contribution in [3.05, 3.63) is 74.6 Å². The molecule has 0 aliphatic rings. The van der Waals surface area contributed by atoms with E-state index in [0.29, 0.717) is 27.1 Å². The van der Waals surface area contributed by atoms with Gasteiger partial charge in [0.15, 0.2) is 5.69 Å². The third-order valence-corrected chi connectivity index (χ3v) is 3.80. The molecule has 0 bridgehead atoms. The Bertz CT molecular complexity index is 926. The lowest BCUT2D eigenvalue weighted by molar-refractivity contribution is 0.835. The Kier molecular flexibility index (Phi) is 4.32. The van der Waals surface area contributed by atoms with Crippen LogP contribution < -0.4 is 5.56 Å². The first kappa shape index (κ1) is 15.5. The topological polar surface area (TPSA) is 62.5 Å². The number of aromatic amines is 1. The third-order valence-electron chi connectivity index (χ3n) is 3.23. The molecule has 1 aromatic heterocycles. The highest BCUT2D eigenvalue weighted by Crippen LogP contribution is 2.22. The number of azo groups is 1. The molecule has 116 valence electrons. The van der Waals surface area contributed by atoms with Gasteiger partial charge in [0.25, 0.3) is 5.56 Å². The highest BCUT2D eigenvalue weighted by molar-refractivity contribution is 6.32. The number of nitrogens with one attached hydrogen (secondary N) is 1. The quantitative estimate of drug-likeness (QED) is 0.651. The molecular weight excluding hydrogens is 335 g/mol. The molecule has 5 nitrogen and oxygen atoms in total. The number of aryl methyl sites for hydroxylation is 1. The van der Waals surface area contributed by atoms with Gasteiger partial charge in [-0.25, -0.2) is 4.68 Å². The second-order valence-corrected chi connectivity index (χ2v) is 5.70. The molecule has 0 spiro atoms. The summed E-state index contributed by atoms with van der Waals surface area (Å²) in [4.78, 5) is 12.5. The van der Waals surface area contributed by atoms with Crippen molar-refractivity contribution in [1.29, 1.82) is 0 Å². The summed E-state index contributed by atoms with van der Waals surface area (Å²) in [7, 11) is 0. The first-order chi connectivity index (χ1) is 11.1. The molecule has 7 heteroatoms. The van der Waals surface area contributed by atoms with Crippen LogP contribution in [0.5, 0.6) is 0 Å². The van der Waals surface area contributed by atoms with E-state index in [1.807, 2.05) is 0 Å². The van der Waals surface area contributed by atoms with Crippen LogP contribution in [0.25, 0.3) is 5.69 Å². The molecule has 0 aliphatic carbocycles. The number of para-hydroxylation sites is 1. The van der Waals surface area contributed by atoms with Crippen LogP contribution in [-0.2, 0) is 0 Å². The molecule has 0 aliphatic heterocycles. The number of aromatic nitrogens is 2. The van der Waals surface area contributed by atoms with Crippen molar-refractivity contribution < 1.29 is 0 Å². The van der Waals surface area contributed by atoms with E-state index in [-0.39, 0.29) is 11.2 Å². The molecule has 0 unspecified atom stereocenters. The van der Waals surface area contributed by atoms with Crippen LogP contribution in [0.4, 0.5) is 11.4 Å². The van der Waals surface area contributed by atoms with Gasteiger partial charge in [-0.2, -0.15) is 5.11 Å². The van der Waals surface area contributed by atoms with E-state index in [4.69, 9.17) is 23.2 Å². The minimum Gasteiger partial charge on any atom is -0.293 e. The molecule has 0 radical (unpaired) electrons. The van der Waals surface area contributed by atoms with Crippen LogP contribution in [0, 0.1) is 6.92 Å². The monoisotopic (exact) mass is 346 g/mol. The van der Waals surface area contributed by atoms with Gasteiger partial charge in [-0.05, 0) is 43.3 Å². The maximum atomic E-state index is 12.5. The molecular formula is C16H12Cl2N4O.